The van der Waals surface area contributed by atoms with Crippen molar-refractivity contribution in [3.63, 3.8) is 0 Å². The Morgan fingerprint density at radius 2 is 1.57 bits per heavy atom. The minimum Gasteiger partial charge on any atom is -1.00 e. The standard InChI is InChI=1S/C22H22N2O5.BrH/c1-23-18-17-13(20(27-3)22(29-5)21(18)28-4)8-9-24-11-14-12(10-15(17)24)6-7-16(26-2)19(14)25;/h6-11H,1-5H3,(H,23,25);1H. The van der Waals surface area contributed by atoms with E-state index in [2.05, 4.69) is 5.32 Å². The number of nitrogens with one attached hydrogen (secondary N) is 1. The van der Waals surface area contributed by atoms with Gasteiger partial charge in [0.05, 0.1) is 44.9 Å². The van der Waals surface area contributed by atoms with E-state index in [1.165, 1.54) is 7.11 Å². The van der Waals surface area contributed by atoms with Gasteiger partial charge in [0.15, 0.2) is 35.4 Å². The fourth-order valence-electron chi connectivity index (χ4n) is 3.89. The van der Waals surface area contributed by atoms with Gasteiger partial charge in [0.1, 0.15) is 0 Å². The number of benzene rings is 2. The molecule has 4 aromatic rings. The van der Waals surface area contributed by atoms with Crippen LogP contribution >= 0.6 is 0 Å². The summed E-state index contributed by atoms with van der Waals surface area (Å²) in [6.07, 6.45) is 3.80. The van der Waals surface area contributed by atoms with Crippen LogP contribution in [-0.4, -0.2) is 40.6 Å². The fourth-order valence-corrected chi connectivity index (χ4v) is 3.89. The summed E-state index contributed by atoms with van der Waals surface area (Å²) in [5.41, 5.74) is 1.71. The summed E-state index contributed by atoms with van der Waals surface area (Å²) >= 11 is 0. The molecule has 4 rings (SSSR count). The van der Waals surface area contributed by atoms with Gasteiger partial charge in [0.25, 0.3) is 0 Å². The second-order valence-electron chi connectivity index (χ2n) is 6.51. The number of phenols is 1. The highest BCUT2D eigenvalue weighted by molar-refractivity contribution is 6.11. The van der Waals surface area contributed by atoms with Gasteiger partial charge in [-0.25, -0.2) is 0 Å². The van der Waals surface area contributed by atoms with Gasteiger partial charge in [-0.1, -0.05) is 0 Å². The molecule has 0 saturated carbocycles. The van der Waals surface area contributed by atoms with Crippen LogP contribution in [0, 0.1) is 0 Å². The molecule has 0 bridgehead atoms. The molecule has 0 aliphatic rings. The Morgan fingerprint density at radius 3 is 2.17 bits per heavy atom. The molecule has 8 heteroatoms. The second-order valence-corrected chi connectivity index (χ2v) is 6.51. The minimum absolute atomic E-state index is 0. The van der Waals surface area contributed by atoms with Crippen molar-refractivity contribution in [2.75, 3.05) is 40.8 Å². The zero-order valence-corrected chi connectivity index (χ0v) is 19.0. The number of fused-ring (bicyclic) bond motifs is 4. The summed E-state index contributed by atoms with van der Waals surface area (Å²) in [5.74, 6) is 2.23. The lowest BCUT2D eigenvalue weighted by Gasteiger charge is -2.18. The van der Waals surface area contributed by atoms with Crippen LogP contribution in [0.1, 0.15) is 0 Å². The lowest BCUT2D eigenvalue weighted by molar-refractivity contribution is -0.509. The first-order valence-electron chi connectivity index (χ1n) is 9.06. The molecule has 158 valence electrons. The smallest absolute Gasteiger partial charge is 0.221 e. The molecular weight excluding hydrogens is 452 g/mol. The molecule has 0 saturated heterocycles. The van der Waals surface area contributed by atoms with Crippen LogP contribution in [0.4, 0.5) is 5.69 Å². The molecule has 2 aromatic carbocycles. The fraction of sp³-hybridized carbons (Fsp3) is 0.227. The van der Waals surface area contributed by atoms with Crippen LogP contribution in [0.2, 0.25) is 0 Å². The largest absolute Gasteiger partial charge is 1.00 e. The first-order valence-corrected chi connectivity index (χ1v) is 9.06. The van der Waals surface area contributed by atoms with Crippen LogP contribution in [0.3, 0.4) is 0 Å². The van der Waals surface area contributed by atoms with Gasteiger partial charge < -0.3 is 46.4 Å². The van der Waals surface area contributed by atoms with Crippen molar-refractivity contribution in [2.45, 2.75) is 0 Å². The Kier molecular flexibility index (Phi) is 5.98. The number of phenolic OH excluding ortho intramolecular Hbond substituents is 1. The number of nitrogens with zero attached hydrogens (tertiary/aromatic N) is 1. The molecule has 2 N–H and O–H groups in total. The molecule has 0 unspecified atom stereocenters. The summed E-state index contributed by atoms with van der Waals surface area (Å²) in [6, 6.07) is 7.64. The summed E-state index contributed by atoms with van der Waals surface area (Å²) in [7, 11) is 8.17. The number of hydrogen-bond donors (Lipinski definition) is 2. The maximum absolute atomic E-state index is 10.5. The molecule has 0 aliphatic carbocycles. The Labute approximate surface area is 184 Å². The third-order valence-corrected chi connectivity index (χ3v) is 5.20. The van der Waals surface area contributed by atoms with Gasteiger partial charge in [0, 0.05) is 24.6 Å². The van der Waals surface area contributed by atoms with Crippen molar-refractivity contribution < 1.29 is 45.4 Å². The number of ether oxygens (including phenoxy) is 4. The average molecular weight is 475 g/mol. The quantitative estimate of drug-likeness (QED) is 0.249. The van der Waals surface area contributed by atoms with Crippen molar-refractivity contribution in [2.24, 2.45) is 0 Å². The third kappa shape index (κ3) is 2.99. The lowest BCUT2D eigenvalue weighted by atomic mass is 10.0. The van der Waals surface area contributed by atoms with Gasteiger partial charge in [0.2, 0.25) is 11.3 Å². The number of anilines is 1. The highest BCUT2D eigenvalue weighted by atomic mass is 79.9. The zero-order chi connectivity index (χ0) is 20.7. The van der Waals surface area contributed by atoms with Gasteiger partial charge in [-0.2, -0.15) is 4.40 Å². The molecular formula is C22H23BrN2O5. The van der Waals surface area contributed by atoms with E-state index < -0.39 is 0 Å². The molecule has 7 nitrogen and oxygen atoms in total. The highest BCUT2D eigenvalue weighted by Crippen LogP contribution is 2.50. The van der Waals surface area contributed by atoms with Crippen LogP contribution in [-0.2, 0) is 0 Å². The summed E-state index contributed by atoms with van der Waals surface area (Å²) in [5, 5.41) is 17.2. The number of pyridine rings is 2. The van der Waals surface area contributed by atoms with E-state index in [1.54, 1.807) is 27.4 Å². The Morgan fingerprint density at radius 1 is 0.867 bits per heavy atom. The molecule has 0 fully saturated rings. The maximum atomic E-state index is 10.5. The van der Waals surface area contributed by atoms with E-state index >= 15 is 0 Å². The molecule has 30 heavy (non-hydrogen) atoms. The van der Waals surface area contributed by atoms with Crippen molar-refractivity contribution >= 4 is 32.7 Å². The van der Waals surface area contributed by atoms with E-state index in [-0.39, 0.29) is 22.7 Å². The van der Waals surface area contributed by atoms with E-state index in [9.17, 15) is 5.11 Å². The van der Waals surface area contributed by atoms with Crippen LogP contribution in [0.15, 0.2) is 36.7 Å². The molecule has 0 amide bonds. The molecule has 2 heterocycles. The van der Waals surface area contributed by atoms with E-state index in [1.807, 2.05) is 42.0 Å². The van der Waals surface area contributed by atoms with Crippen molar-refractivity contribution in [1.82, 2.24) is 0 Å². The van der Waals surface area contributed by atoms with Gasteiger partial charge in [-0.15, -0.1) is 0 Å². The van der Waals surface area contributed by atoms with Crippen molar-refractivity contribution in [3.05, 3.63) is 36.7 Å². The van der Waals surface area contributed by atoms with Gasteiger partial charge in [-0.3, -0.25) is 0 Å². The predicted molar refractivity (Wildman–Crippen MR) is 112 cm³/mol. The van der Waals surface area contributed by atoms with Crippen LogP contribution in [0.5, 0.6) is 28.7 Å². The Bertz CT molecular complexity index is 1260. The number of rotatable bonds is 5. The van der Waals surface area contributed by atoms with Crippen LogP contribution < -0.4 is 45.6 Å². The first-order chi connectivity index (χ1) is 14.1. The second kappa shape index (κ2) is 8.31. The Balaban J connectivity index is 0.00000256. The number of hydrogen-bond acceptors (Lipinski definition) is 6. The normalized spacial score (nSPS) is 10.7. The van der Waals surface area contributed by atoms with Crippen molar-refractivity contribution in [1.29, 1.82) is 0 Å². The van der Waals surface area contributed by atoms with E-state index in [0.29, 0.717) is 28.4 Å². The van der Waals surface area contributed by atoms with Gasteiger partial charge in [-0.05, 0) is 17.5 Å². The lowest BCUT2D eigenvalue weighted by Crippen LogP contribution is -3.00. The maximum Gasteiger partial charge on any atom is 0.221 e. The van der Waals surface area contributed by atoms with E-state index in [0.717, 1.165) is 27.4 Å². The first kappa shape index (κ1) is 21.6. The average Bonchev–Trinajstić information content (AvgIpc) is 2.76. The van der Waals surface area contributed by atoms with Crippen molar-refractivity contribution in [3.8, 4) is 28.7 Å². The number of methoxy groups -OCH3 is 4. The number of aromatic nitrogens is 1. The zero-order valence-electron chi connectivity index (χ0n) is 17.4. The van der Waals surface area contributed by atoms with E-state index in [4.69, 9.17) is 18.9 Å². The summed E-state index contributed by atoms with van der Waals surface area (Å²) < 4.78 is 24.1. The summed E-state index contributed by atoms with van der Waals surface area (Å²) in [4.78, 5) is 0. The molecule has 0 radical (unpaired) electrons. The van der Waals surface area contributed by atoms with Crippen LogP contribution in [0.25, 0.3) is 27.1 Å². The van der Waals surface area contributed by atoms with Gasteiger partial charge >= 0.3 is 0 Å². The SMILES string of the molecule is CNc1c(OC)c(OC)c(OC)c2cc[n+]3cc4c(O)c(OC)ccc4cc3c12.[Br-]. The Hall–Kier alpha value is -3.13. The highest BCUT2D eigenvalue weighted by Gasteiger charge is 2.26. The minimum atomic E-state index is 0. The molecule has 0 atom stereocenters. The monoisotopic (exact) mass is 474 g/mol. The molecule has 2 aromatic heterocycles. The summed E-state index contributed by atoms with van der Waals surface area (Å²) in [6.45, 7) is 0. The number of halogens is 1. The molecule has 0 spiro atoms. The molecule has 0 aliphatic heterocycles. The third-order valence-electron chi connectivity index (χ3n) is 5.20. The topological polar surface area (TPSA) is 73.3 Å². The predicted octanol–water partition coefficient (Wildman–Crippen LogP) is 0.517. The number of aromatic hydroxyl groups is 1.